The van der Waals surface area contributed by atoms with Crippen LogP contribution < -0.4 is 0 Å². The largest absolute Gasteiger partial charge is 0.394 e. The summed E-state index contributed by atoms with van der Waals surface area (Å²) < 4.78 is 72.3. The number of carbonyl (C=O) groups excluding carboxylic acids is 1. The van der Waals surface area contributed by atoms with E-state index in [1.165, 1.54) is 0 Å². The zero-order chi connectivity index (χ0) is 71.8. The number of Topliss-reactive ketones (excluding diaryl/α,β-unsaturated/α-hetero) is 1. The first-order chi connectivity index (χ1) is 46.0. The summed E-state index contributed by atoms with van der Waals surface area (Å²) in [4.78, 5) is 15.5. The molecule has 19 N–H and O–H groups in total. The third-order valence-corrected chi connectivity index (χ3v) is 24.4. The summed E-state index contributed by atoms with van der Waals surface area (Å²) in [6, 6.07) is 0. The van der Waals surface area contributed by atoms with Gasteiger partial charge in [0.1, 0.15) is 128 Å². The molecule has 0 spiro atoms. The topological polar surface area (TPSA) is 512 Å². The molecule has 32 nitrogen and oxygen atoms in total. The molecule has 0 aromatic rings. The number of carbonyl (C=O) groups is 1. The summed E-state index contributed by atoms with van der Waals surface area (Å²) in [6.07, 6.45) is -40.7. The molecule has 32 heteroatoms. The van der Waals surface area contributed by atoms with Crippen LogP contribution in [-0.4, -0.2) is 332 Å². The van der Waals surface area contributed by atoms with Gasteiger partial charge in [-0.25, -0.2) is 0 Å². The van der Waals surface area contributed by atoms with E-state index in [9.17, 15) is 97.0 Å². The normalized spacial score (nSPS) is 50.6. The Hall–Kier alpha value is -1.83. The van der Waals surface area contributed by atoms with E-state index in [2.05, 4.69) is 33.8 Å². The average Bonchev–Trinajstić information content (AvgIpc) is 1.38. The molecule has 10 rings (SSSR count). The molecular weight excluding hydrogens is 1300 g/mol. The van der Waals surface area contributed by atoms with Crippen molar-refractivity contribution in [2.45, 2.75) is 309 Å². The van der Waals surface area contributed by atoms with E-state index in [1.54, 1.807) is 13.8 Å². The third kappa shape index (κ3) is 14.8. The highest BCUT2D eigenvalue weighted by molar-refractivity contribution is 5.88. The van der Waals surface area contributed by atoms with Crippen LogP contribution in [0.15, 0.2) is 11.6 Å². The van der Waals surface area contributed by atoms with Gasteiger partial charge >= 0.3 is 0 Å². The molecule has 37 atom stereocenters. The van der Waals surface area contributed by atoms with Crippen molar-refractivity contribution in [2.24, 2.45) is 45.3 Å². The van der Waals surface area contributed by atoms with E-state index in [4.69, 9.17) is 56.8 Å². The van der Waals surface area contributed by atoms with Crippen LogP contribution >= 0.6 is 0 Å². The summed E-state index contributed by atoms with van der Waals surface area (Å²) in [5.41, 5.74) is -3.11. The Morgan fingerprint density at radius 2 is 1.03 bits per heavy atom. The quantitative estimate of drug-likeness (QED) is 0.0425. The molecule has 4 aliphatic carbocycles. The Bertz CT molecular complexity index is 2650. The molecule has 0 aromatic heterocycles. The first-order valence-electron chi connectivity index (χ1n) is 34.7. The summed E-state index contributed by atoms with van der Waals surface area (Å²) in [7, 11) is 0. The van der Waals surface area contributed by atoms with Gasteiger partial charge in [-0.15, -0.1) is 0 Å². The zero-order valence-electron chi connectivity index (χ0n) is 56.8. The first kappa shape index (κ1) is 78.8. The maximum atomic E-state index is 15.5. The minimum Gasteiger partial charge on any atom is -0.394 e. The molecule has 98 heavy (non-hydrogen) atoms. The average molecular weight is 1420 g/mol. The van der Waals surface area contributed by atoms with Crippen molar-refractivity contribution in [1.82, 2.24) is 0 Å². The second kappa shape index (κ2) is 30.9. The number of allylic oxidation sites excluding steroid dienone is 1. The van der Waals surface area contributed by atoms with Crippen molar-refractivity contribution >= 4 is 5.78 Å². The number of hydrogen-bond acceptors (Lipinski definition) is 32. The van der Waals surface area contributed by atoms with Crippen LogP contribution in [0.3, 0.4) is 0 Å². The summed E-state index contributed by atoms with van der Waals surface area (Å²) in [5.74, 6) is -0.255. The van der Waals surface area contributed by atoms with Gasteiger partial charge in [0.05, 0.1) is 69.7 Å². The van der Waals surface area contributed by atoms with Crippen molar-refractivity contribution < 1.29 is 159 Å². The van der Waals surface area contributed by atoms with Gasteiger partial charge < -0.3 is 154 Å². The van der Waals surface area contributed by atoms with E-state index in [0.29, 0.717) is 25.7 Å². The van der Waals surface area contributed by atoms with Crippen LogP contribution in [0, 0.1) is 45.3 Å². The minimum absolute atomic E-state index is 0.0117. The lowest BCUT2D eigenvalue weighted by molar-refractivity contribution is -0.372. The fourth-order valence-corrected chi connectivity index (χ4v) is 18.2. The summed E-state index contributed by atoms with van der Waals surface area (Å²) in [6.45, 7) is 11.8. The molecule has 6 heterocycles. The van der Waals surface area contributed by atoms with Gasteiger partial charge in [0.15, 0.2) is 37.7 Å². The Kier molecular flexibility index (Phi) is 24.9. The SMILES string of the molecule is C[C@H](CC[C@@H](O[C@@H]1O[C@H](CO[C@@H]2O[C@H](CO)[C@@H](O)[C@H](O)[C@H]2O)[C@@H](O)[C@H](O)[C@H]1O[C@H]1C[C@@H](O)C[C@@H](CO)O1)C(C)(C)O)[C@H]1CC[C@@]2(C)[C@@H]3CC=C4[C@@H](CC[C@H](O[C@@H]5O[C@H](CO[C@@H]6O[C@H](CO)[C@@H](O)[C@H](O)[C@H]6O)[C@@H](O[C@H]6O[C@H](CO)[C@@H](O)[C@H](O)[C@H]6O)[C@H](O)[C@H]5O)C4(C)C)[C@]3(C)C(=O)C[C@]12C. The van der Waals surface area contributed by atoms with Crippen molar-refractivity contribution in [3.05, 3.63) is 11.6 Å². The molecular formula is C66H110O32. The molecule has 0 bridgehead atoms. The molecule has 10 aliphatic rings. The fraction of sp³-hybridized carbons (Fsp3) is 0.955. The van der Waals surface area contributed by atoms with Gasteiger partial charge in [-0.05, 0) is 93.3 Å². The maximum Gasteiger partial charge on any atom is 0.187 e. The Labute approximate surface area is 568 Å². The molecule has 6 saturated heterocycles. The molecule has 0 amide bonds. The van der Waals surface area contributed by atoms with Crippen LogP contribution in [0.25, 0.3) is 0 Å². The van der Waals surface area contributed by atoms with E-state index >= 15 is 4.79 Å². The second-order valence-electron chi connectivity index (χ2n) is 31.1. The van der Waals surface area contributed by atoms with Crippen molar-refractivity contribution in [2.75, 3.05) is 39.6 Å². The number of rotatable bonds is 23. The van der Waals surface area contributed by atoms with Crippen molar-refractivity contribution in [1.29, 1.82) is 0 Å². The lowest BCUT2D eigenvalue weighted by atomic mass is 9.38. The van der Waals surface area contributed by atoms with Gasteiger partial charge in [-0.2, -0.15) is 0 Å². The molecule has 0 aromatic carbocycles. The minimum atomic E-state index is -1.94. The Balaban J connectivity index is 0.831. The number of ether oxygens (including phenoxy) is 12. The van der Waals surface area contributed by atoms with Crippen LogP contribution in [0.4, 0.5) is 0 Å². The molecule has 3 saturated carbocycles. The number of fused-ring (bicyclic) bond motifs is 5. The monoisotopic (exact) mass is 1410 g/mol. The highest BCUT2D eigenvalue weighted by Gasteiger charge is 2.71. The molecule has 6 aliphatic heterocycles. The van der Waals surface area contributed by atoms with Gasteiger partial charge in [-0.3, -0.25) is 4.79 Å². The first-order valence-corrected chi connectivity index (χ1v) is 34.7. The van der Waals surface area contributed by atoms with Gasteiger partial charge in [-0.1, -0.05) is 53.2 Å². The van der Waals surface area contributed by atoms with Gasteiger partial charge in [0.2, 0.25) is 0 Å². The van der Waals surface area contributed by atoms with Crippen LogP contribution in [-0.2, 0) is 61.6 Å². The van der Waals surface area contributed by atoms with Crippen molar-refractivity contribution in [3.8, 4) is 0 Å². The number of ketones is 1. The second-order valence-corrected chi connectivity index (χ2v) is 31.1. The molecule has 0 unspecified atom stereocenters. The standard InChI is InChI=1S/C66H110O32/c1-26(9-13-40(63(4,5)86)96-61-56(97-41-18-27(71)17-28(20-67)89-41)49(80)45(76)35(93-61)24-87-57-51(82)46(77)42(73)32(21-68)90-57)29-15-16-64(6)37-12-10-30-31(66(37,8)38(72)19-65(29,64)7)11-14-39(62(30,2)3)95-59-54(85)50(81)55(98-60-53(84)48(79)44(75)34(23-70)92-60)36(94-59)25-88-58-52(83)47(78)43(74)33(22-69)91-58/h10,26-29,31-37,39-61,67-71,73-86H,9,11-25H2,1-8H3/t26-,27+,28+,29-,31-,32-,33-,34-,35-,36-,37+,39+,40-,41+,42-,43-,44-,45-,46+,47+,48+,49+,50-,51-,52-,53-,54-,55-,56-,57-,58-,59+,60-,61+,64+,65-,66+/m1/s1. The Morgan fingerprint density at radius 3 is 1.59 bits per heavy atom. The van der Waals surface area contributed by atoms with Crippen LogP contribution in [0.5, 0.6) is 0 Å². The zero-order valence-corrected chi connectivity index (χ0v) is 56.8. The predicted octanol–water partition coefficient (Wildman–Crippen LogP) is -5.32. The van der Waals surface area contributed by atoms with E-state index in [-0.39, 0.29) is 60.6 Å². The molecule has 0 radical (unpaired) electrons. The fourth-order valence-electron chi connectivity index (χ4n) is 18.2. The number of hydrogen-bond donors (Lipinski definition) is 19. The highest BCUT2D eigenvalue weighted by atomic mass is 16.8. The van der Waals surface area contributed by atoms with Crippen LogP contribution in [0.1, 0.15) is 120 Å². The smallest absolute Gasteiger partial charge is 0.187 e. The number of aliphatic hydroxyl groups excluding tert-OH is 18. The maximum absolute atomic E-state index is 15.5. The predicted molar refractivity (Wildman–Crippen MR) is 329 cm³/mol. The van der Waals surface area contributed by atoms with E-state index in [1.807, 2.05) is 13.8 Å². The lowest BCUT2D eigenvalue weighted by Gasteiger charge is -2.65. The summed E-state index contributed by atoms with van der Waals surface area (Å²) >= 11 is 0. The molecule has 566 valence electrons. The third-order valence-electron chi connectivity index (χ3n) is 24.4. The van der Waals surface area contributed by atoms with Crippen molar-refractivity contribution in [3.63, 3.8) is 0 Å². The number of aliphatic hydroxyl groups is 19. The van der Waals surface area contributed by atoms with E-state index < -0.39 is 246 Å². The van der Waals surface area contributed by atoms with E-state index in [0.717, 1.165) is 18.4 Å². The van der Waals surface area contributed by atoms with Crippen LogP contribution in [0.2, 0.25) is 0 Å². The van der Waals surface area contributed by atoms with Gasteiger partial charge in [0.25, 0.3) is 0 Å². The molecule has 9 fully saturated rings. The Morgan fingerprint density at radius 1 is 0.531 bits per heavy atom. The summed E-state index contributed by atoms with van der Waals surface area (Å²) in [5, 5.41) is 204. The van der Waals surface area contributed by atoms with Gasteiger partial charge in [0, 0.05) is 30.1 Å². The lowest BCUT2D eigenvalue weighted by Crippen LogP contribution is -2.66. The highest BCUT2D eigenvalue weighted by Crippen LogP contribution is 2.74.